The number of rotatable bonds is 6. The van der Waals surface area contributed by atoms with E-state index >= 15 is 0 Å². The lowest BCUT2D eigenvalue weighted by Crippen LogP contribution is -2.16. The molecule has 0 aliphatic carbocycles. The third kappa shape index (κ3) is 4.09. The van der Waals surface area contributed by atoms with E-state index < -0.39 is 0 Å². The Morgan fingerprint density at radius 1 is 0.952 bits per heavy atom. The molecule has 21 heavy (non-hydrogen) atoms. The van der Waals surface area contributed by atoms with E-state index in [-0.39, 0.29) is 5.91 Å². The molecule has 110 valence electrons. The van der Waals surface area contributed by atoms with Crippen molar-refractivity contribution < 1.29 is 4.79 Å². The number of anilines is 3. The Morgan fingerprint density at radius 3 is 2.14 bits per heavy atom. The molecule has 0 heterocycles. The Labute approximate surface area is 126 Å². The van der Waals surface area contributed by atoms with Gasteiger partial charge in [0.05, 0.1) is 0 Å². The number of hydrogen-bond donors (Lipinski definition) is 1. The fraction of sp³-hybridized carbons (Fsp3) is 0.278. The quantitative estimate of drug-likeness (QED) is 0.841. The summed E-state index contributed by atoms with van der Waals surface area (Å²) < 4.78 is 0. The van der Waals surface area contributed by atoms with Gasteiger partial charge in [-0.3, -0.25) is 4.79 Å². The predicted octanol–water partition coefficient (Wildman–Crippen LogP) is 4.58. The molecule has 0 saturated carbocycles. The van der Waals surface area contributed by atoms with Gasteiger partial charge in [-0.2, -0.15) is 0 Å². The van der Waals surface area contributed by atoms with Gasteiger partial charge in [0.15, 0.2) is 0 Å². The van der Waals surface area contributed by atoms with E-state index in [2.05, 4.69) is 29.3 Å². The molecule has 0 unspecified atom stereocenters. The van der Waals surface area contributed by atoms with E-state index in [1.807, 2.05) is 49.4 Å². The molecule has 2 aromatic rings. The summed E-state index contributed by atoms with van der Waals surface area (Å²) >= 11 is 0. The summed E-state index contributed by atoms with van der Waals surface area (Å²) in [4.78, 5) is 13.8. The molecule has 0 spiro atoms. The molecule has 0 bridgehead atoms. The Kier molecular flexibility index (Phi) is 5.38. The molecule has 0 aliphatic heterocycles. The molecule has 2 rings (SSSR count). The first-order chi connectivity index (χ1) is 10.2. The minimum absolute atomic E-state index is 0.0701. The van der Waals surface area contributed by atoms with Gasteiger partial charge in [-0.05, 0) is 49.7 Å². The molecule has 0 atom stereocenters. The zero-order chi connectivity index (χ0) is 15.1. The highest BCUT2D eigenvalue weighted by atomic mass is 16.1. The zero-order valence-corrected chi connectivity index (χ0v) is 12.7. The normalized spacial score (nSPS) is 10.2. The third-order valence-corrected chi connectivity index (χ3v) is 3.32. The Bertz CT molecular complexity index is 564. The largest absolute Gasteiger partial charge is 0.342 e. The number of carbonyl (C=O) groups excluding carboxylic acids is 1. The molecule has 3 heteroatoms. The number of benzene rings is 2. The van der Waals surface area contributed by atoms with E-state index in [1.54, 1.807) is 0 Å². The van der Waals surface area contributed by atoms with E-state index in [4.69, 9.17) is 0 Å². The maximum atomic E-state index is 11.6. The standard InChI is InChI=1S/C18H22N2O/c1-3-8-18(21)19-15-11-13-17(14-12-15)20(4-2)16-9-6-5-7-10-16/h5-7,9-14H,3-4,8H2,1-2H3,(H,19,21). The van der Waals surface area contributed by atoms with Crippen LogP contribution in [0.4, 0.5) is 17.1 Å². The second-order valence-corrected chi connectivity index (χ2v) is 4.92. The lowest BCUT2D eigenvalue weighted by Gasteiger charge is -2.23. The molecular weight excluding hydrogens is 260 g/mol. The zero-order valence-electron chi connectivity index (χ0n) is 12.7. The van der Waals surface area contributed by atoms with Crippen molar-refractivity contribution in [3.05, 3.63) is 54.6 Å². The fourth-order valence-corrected chi connectivity index (χ4v) is 2.30. The van der Waals surface area contributed by atoms with E-state index in [0.29, 0.717) is 6.42 Å². The number of carbonyl (C=O) groups is 1. The summed E-state index contributed by atoms with van der Waals surface area (Å²) in [7, 11) is 0. The lowest BCUT2D eigenvalue weighted by atomic mass is 10.2. The van der Waals surface area contributed by atoms with Gasteiger partial charge >= 0.3 is 0 Å². The molecule has 0 aromatic heterocycles. The van der Waals surface area contributed by atoms with Gasteiger partial charge in [-0.15, -0.1) is 0 Å². The van der Waals surface area contributed by atoms with Crippen molar-refractivity contribution in [2.24, 2.45) is 0 Å². The predicted molar refractivity (Wildman–Crippen MR) is 89.1 cm³/mol. The van der Waals surface area contributed by atoms with Crippen LogP contribution in [-0.4, -0.2) is 12.5 Å². The van der Waals surface area contributed by atoms with Crippen LogP contribution >= 0.6 is 0 Å². The molecular formula is C18H22N2O. The van der Waals surface area contributed by atoms with Crippen LogP contribution in [0.1, 0.15) is 26.7 Å². The molecule has 0 saturated heterocycles. The summed E-state index contributed by atoms with van der Waals surface area (Å²) in [6, 6.07) is 18.3. The maximum absolute atomic E-state index is 11.6. The number of nitrogens with one attached hydrogen (secondary N) is 1. The highest BCUT2D eigenvalue weighted by molar-refractivity contribution is 5.90. The van der Waals surface area contributed by atoms with Crippen LogP contribution in [0.2, 0.25) is 0 Å². The van der Waals surface area contributed by atoms with Crippen LogP contribution < -0.4 is 10.2 Å². The lowest BCUT2D eigenvalue weighted by molar-refractivity contribution is -0.116. The van der Waals surface area contributed by atoms with Crippen LogP contribution in [0, 0.1) is 0 Å². The molecule has 1 amide bonds. The highest BCUT2D eigenvalue weighted by Gasteiger charge is 2.07. The molecule has 0 aliphatic rings. The first-order valence-electron chi connectivity index (χ1n) is 7.47. The highest BCUT2D eigenvalue weighted by Crippen LogP contribution is 2.26. The third-order valence-electron chi connectivity index (χ3n) is 3.32. The Hall–Kier alpha value is -2.29. The van der Waals surface area contributed by atoms with Crippen molar-refractivity contribution in [1.82, 2.24) is 0 Å². The topological polar surface area (TPSA) is 32.3 Å². The van der Waals surface area contributed by atoms with Crippen molar-refractivity contribution in [2.75, 3.05) is 16.8 Å². The second kappa shape index (κ2) is 7.48. The fourth-order valence-electron chi connectivity index (χ4n) is 2.30. The van der Waals surface area contributed by atoms with Gasteiger partial charge in [0.25, 0.3) is 0 Å². The average Bonchev–Trinajstić information content (AvgIpc) is 2.51. The number of hydrogen-bond acceptors (Lipinski definition) is 2. The van der Waals surface area contributed by atoms with Crippen LogP contribution in [0.25, 0.3) is 0 Å². The van der Waals surface area contributed by atoms with Gasteiger partial charge in [0.1, 0.15) is 0 Å². The average molecular weight is 282 g/mol. The minimum atomic E-state index is 0.0701. The van der Waals surface area contributed by atoms with Gasteiger partial charge in [0, 0.05) is 30.0 Å². The summed E-state index contributed by atoms with van der Waals surface area (Å²) in [6.07, 6.45) is 1.42. The van der Waals surface area contributed by atoms with Crippen LogP contribution in [-0.2, 0) is 4.79 Å². The van der Waals surface area contributed by atoms with Gasteiger partial charge in [-0.1, -0.05) is 25.1 Å². The van der Waals surface area contributed by atoms with E-state index in [0.717, 1.165) is 24.3 Å². The van der Waals surface area contributed by atoms with Crippen LogP contribution in [0.3, 0.4) is 0 Å². The van der Waals surface area contributed by atoms with Crippen molar-refractivity contribution >= 4 is 23.0 Å². The van der Waals surface area contributed by atoms with Crippen molar-refractivity contribution in [3.8, 4) is 0 Å². The molecule has 1 N–H and O–H groups in total. The Morgan fingerprint density at radius 2 is 1.57 bits per heavy atom. The van der Waals surface area contributed by atoms with E-state index in [9.17, 15) is 4.79 Å². The number of nitrogens with zero attached hydrogens (tertiary/aromatic N) is 1. The monoisotopic (exact) mass is 282 g/mol. The number of amides is 1. The second-order valence-electron chi connectivity index (χ2n) is 4.92. The van der Waals surface area contributed by atoms with Crippen LogP contribution in [0.5, 0.6) is 0 Å². The summed E-state index contributed by atoms with van der Waals surface area (Å²) in [5.74, 6) is 0.0701. The number of para-hydroxylation sites is 1. The van der Waals surface area contributed by atoms with E-state index in [1.165, 1.54) is 5.69 Å². The molecule has 0 fully saturated rings. The van der Waals surface area contributed by atoms with Gasteiger partial charge < -0.3 is 10.2 Å². The summed E-state index contributed by atoms with van der Waals surface area (Å²) in [5, 5.41) is 2.91. The van der Waals surface area contributed by atoms with Crippen molar-refractivity contribution in [2.45, 2.75) is 26.7 Å². The molecule has 0 radical (unpaired) electrons. The van der Waals surface area contributed by atoms with Crippen molar-refractivity contribution in [3.63, 3.8) is 0 Å². The van der Waals surface area contributed by atoms with Gasteiger partial charge in [0.2, 0.25) is 5.91 Å². The van der Waals surface area contributed by atoms with Gasteiger partial charge in [-0.25, -0.2) is 0 Å². The smallest absolute Gasteiger partial charge is 0.224 e. The SMILES string of the molecule is CCCC(=O)Nc1ccc(N(CC)c2ccccc2)cc1. The Balaban J connectivity index is 2.12. The first-order valence-corrected chi connectivity index (χ1v) is 7.47. The molecule has 3 nitrogen and oxygen atoms in total. The summed E-state index contributed by atoms with van der Waals surface area (Å²) in [5.41, 5.74) is 3.14. The molecule has 2 aromatic carbocycles. The summed E-state index contributed by atoms with van der Waals surface area (Å²) in [6.45, 7) is 5.02. The first kappa shape index (κ1) is 15.1. The minimum Gasteiger partial charge on any atom is -0.342 e. The maximum Gasteiger partial charge on any atom is 0.224 e. The van der Waals surface area contributed by atoms with Crippen LogP contribution in [0.15, 0.2) is 54.6 Å². The van der Waals surface area contributed by atoms with Crippen molar-refractivity contribution in [1.29, 1.82) is 0 Å².